The van der Waals surface area contributed by atoms with E-state index in [2.05, 4.69) is 16.8 Å². The van der Waals surface area contributed by atoms with Crippen molar-refractivity contribution in [1.82, 2.24) is 4.98 Å². The third kappa shape index (κ3) is 2.61. The Balaban J connectivity index is 2.02. The van der Waals surface area contributed by atoms with Gasteiger partial charge in [-0.1, -0.05) is 11.6 Å². The lowest BCUT2D eigenvalue weighted by Gasteiger charge is -2.34. The quantitative estimate of drug-likeness (QED) is 0.755. The molecule has 2 nitrogen and oxygen atoms in total. The number of hydrogen-bond donors (Lipinski definition) is 0. The highest BCUT2D eigenvalue weighted by Gasteiger charge is 2.24. The van der Waals surface area contributed by atoms with Crippen LogP contribution in [0.5, 0.6) is 0 Å². The molecule has 0 amide bonds. The van der Waals surface area contributed by atoms with Crippen LogP contribution < -0.4 is 4.90 Å². The molecule has 1 atom stereocenters. The first-order chi connectivity index (χ1) is 7.68. The molecule has 1 fully saturated rings. The maximum atomic E-state index is 6.13. The van der Waals surface area contributed by atoms with Crippen molar-refractivity contribution in [3.63, 3.8) is 0 Å². The van der Waals surface area contributed by atoms with Gasteiger partial charge in [-0.05, 0) is 37.8 Å². The SMILES string of the molecule is CC(Cl)C1CCN(c2ncccc2Cl)CC1. The van der Waals surface area contributed by atoms with Crippen LogP contribution in [0.2, 0.25) is 5.02 Å². The number of nitrogens with zero attached hydrogens (tertiary/aromatic N) is 2. The van der Waals surface area contributed by atoms with Gasteiger partial charge in [0.15, 0.2) is 0 Å². The topological polar surface area (TPSA) is 16.1 Å². The molecule has 0 aromatic carbocycles. The molecule has 1 aromatic rings. The molecule has 2 heterocycles. The lowest BCUT2D eigenvalue weighted by atomic mass is 9.94. The Kier molecular flexibility index (Phi) is 3.93. The van der Waals surface area contributed by atoms with E-state index >= 15 is 0 Å². The van der Waals surface area contributed by atoms with Crippen molar-refractivity contribution < 1.29 is 0 Å². The predicted octanol–water partition coefficient (Wildman–Crippen LogP) is 3.58. The number of aromatic nitrogens is 1. The summed E-state index contributed by atoms with van der Waals surface area (Å²) in [5, 5.41) is 1.00. The Morgan fingerprint density at radius 2 is 2.12 bits per heavy atom. The van der Waals surface area contributed by atoms with E-state index in [1.54, 1.807) is 6.20 Å². The third-order valence-corrected chi connectivity index (χ3v) is 3.88. The molecule has 1 aromatic heterocycles. The Morgan fingerprint density at radius 3 is 2.69 bits per heavy atom. The number of piperidine rings is 1. The normalized spacial score (nSPS) is 19.8. The maximum absolute atomic E-state index is 6.13. The summed E-state index contributed by atoms with van der Waals surface area (Å²) in [5.41, 5.74) is 0. The second-order valence-corrected chi connectivity index (χ2v) is 5.41. The molecule has 0 saturated carbocycles. The molecule has 88 valence electrons. The third-order valence-electron chi connectivity index (χ3n) is 3.23. The van der Waals surface area contributed by atoms with Crippen molar-refractivity contribution in [2.24, 2.45) is 5.92 Å². The van der Waals surface area contributed by atoms with E-state index in [0.717, 1.165) is 36.8 Å². The van der Waals surface area contributed by atoms with Crippen LogP contribution in [-0.2, 0) is 0 Å². The van der Waals surface area contributed by atoms with Gasteiger partial charge in [-0.25, -0.2) is 4.98 Å². The number of anilines is 1. The minimum atomic E-state index is 0.265. The highest BCUT2D eigenvalue weighted by atomic mass is 35.5. The van der Waals surface area contributed by atoms with Crippen molar-refractivity contribution in [3.05, 3.63) is 23.4 Å². The van der Waals surface area contributed by atoms with E-state index in [1.807, 2.05) is 12.1 Å². The Labute approximate surface area is 107 Å². The van der Waals surface area contributed by atoms with Gasteiger partial charge in [0.1, 0.15) is 5.82 Å². The van der Waals surface area contributed by atoms with Gasteiger partial charge >= 0.3 is 0 Å². The summed E-state index contributed by atoms with van der Waals surface area (Å²) in [5.74, 6) is 1.53. The van der Waals surface area contributed by atoms with E-state index in [0.29, 0.717) is 5.92 Å². The first kappa shape index (κ1) is 12.0. The fraction of sp³-hybridized carbons (Fsp3) is 0.583. The summed E-state index contributed by atoms with van der Waals surface area (Å²) in [6.07, 6.45) is 4.03. The molecule has 1 saturated heterocycles. The van der Waals surface area contributed by atoms with Gasteiger partial charge < -0.3 is 4.90 Å². The van der Waals surface area contributed by atoms with Crippen molar-refractivity contribution >= 4 is 29.0 Å². The van der Waals surface area contributed by atoms with E-state index in [9.17, 15) is 0 Å². The molecular formula is C12H16Cl2N2. The first-order valence-electron chi connectivity index (χ1n) is 5.68. The van der Waals surface area contributed by atoms with Crippen molar-refractivity contribution in [2.75, 3.05) is 18.0 Å². The van der Waals surface area contributed by atoms with Crippen LogP contribution in [-0.4, -0.2) is 23.5 Å². The van der Waals surface area contributed by atoms with Crippen molar-refractivity contribution in [1.29, 1.82) is 0 Å². The van der Waals surface area contributed by atoms with Crippen LogP contribution in [0.1, 0.15) is 19.8 Å². The van der Waals surface area contributed by atoms with Gasteiger partial charge in [0, 0.05) is 24.7 Å². The molecule has 16 heavy (non-hydrogen) atoms. The minimum absolute atomic E-state index is 0.265. The fourth-order valence-electron chi connectivity index (χ4n) is 2.18. The van der Waals surface area contributed by atoms with E-state index < -0.39 is 0 Å². The van der Waals surface area contributed by atoms with Crippen LogP contribution in [0.15, 0.2) is 18.3 Å². The summed E-state index contributed by atoms with van der Waals surface area (Å²) in [6, 6.07) is 3.75. The number of hydrogen-bond acceptors (Lipinski definition) is 2. The monoisotopic (exact) mass is 258 g/mol. The van der Waals surface area contributed by atoms with Crippen LogP contribution in [0.3, 0.4) is 0 Å². The Morgan fingerprint density at radius 1 is 1.44 bits per heavy atom. The summed E-state index contributed by atoms with van der Waals surface area (Å²) >= 11 is 12.2. The maximum Gasteiger partial charge on any atom is 0.147 e. The largest absolute Gasteiger partial charge is 0.355 e. The Bertz CT molecular complexity index is 347. The van der Waals surface area contributed by atoms with Crippen molar-refractivity contribution in [3.8, 4) is 0 Å². The van der Waals surface area contributed by atoms with Crippen LogP contribution >= 0.6 is 23.2 Å². The van der Waals surface area contributed by atoms with Gasteiger partial charge in [0.05, 0.1) is 5.02 Å². The van der Waals surface area contributed by atoms with Crippen LogP contribution in [0.25, 0.3) is 0 Å². The average molecular weight is 259 g/mol. The zero-order valence-electron chi connectivity index (χ0n) is 9.37. The Hall–Kier alpha value is -0.470. The molecule has 4 heteroatoms. The van der Waals surface area contributed by atoms with Crippen molar-refractivity contribution in [2.45, 2.75) is 25.1 Å². The second-order valence-electron chi connectivity index (χ2n) is 4.31. The second kappa shape index (κ2) is 5.24. The van der Waals surface area contributed by atoms with E-state index in [-0.39, 0.29) is 5.38 Å². The van der Waals surface area contributed by atoms with Gasteiger partial charge in [-0.3, -0.25) is 0 Å². The molecule has 1 unspecified atom stereocenters. The summed E-state index contributed by atoms with van der Waals surface area (Å²) in [4.78, 5) is 6.58. The number of pyridine rings is 1. The lowest BCUT2D eigenvalue weighted by Crippen LogP contribution is -2.36. The van der Waals surface area contributed by atoms with E-state index in [1.165, 1.54) is 0 Å². The predicted molar refractivity (Wildman–Crippen MR) is 69.5 cm³/mol. The summed E-state index contributed by atoms with van der Waals surface area (Å²) < 4.78 is 0. The zero-order chi connectivity index (χ0) is 11.5. The molecule has 2 rings (SSSR count). The van der Waals surface area contributed by atoms with E-state index in [4.69, 9.17) is 23.2 Å². The average Bonchev–Trinajstić information content (AvgIpc) is 2.30. The molecule has 0 radical (unpaired) electrons. The van der Waals surface area contributed by atoms with Gasteiger partial charge in [0.25, 0.3) is 0 Å². The van der Waals surface area contributed by atoms with Gasteiger partial charge in [-0.15, -0.1) is 11.6 Å². The molecular weight excluding hydrogens is 243 g/mol. The smallest absolute Gasteiger partial charge is 0.147 e. The van der Waals surface area contributed by atoms with Gasteiger partial charge in [0.2, 0.25) is 0 Å². The molecule has 1 aliphatic rings. The molecule has 0 aliphatic carbocycles. The highest BCUT2D eigenvalue weighted by molar-refractivity contribution is 6.32. The number of alkyl halides is 1. The minimum Gasteiger partial charge on any atom is -0.355 e. The standard InChI is InChI=1S/C12H16Cl2N2/c1-9(13)10-4-7-16(8-5-10)12-11(14)3-2-6-15-12/h2-3,6,9-10H,4-5,7-8H2,1H3. The number of rotatable bonds is 2. The highest BCUT2D eigenvalue weighted by Crippen LogP contribution is 2.29. The fourth-order valence-corrected chi connectivity index (χ4v) is 2.67. The molecule has 0 N–H and O–H groups in total. The summed E-state index contributed by atoms with van der Waals surface area (Å²) in [6.45, 7) is 4.08. The first-order valence-corrected chi connectivity index (χ1v) is 6.49. The lowest BCUT2D eigenvalue weighted by molar-refractivity contribution is 0.399. The molecule has 0 spiro atoms. The van der Waals surface area contributed by atoms with Crippen LogP contribution in [0, 0.1) is 5.92 Å². The van der Waals surface area contributed by atoms with Crippen LogP contribution in [0.4, 0.5) is 5.82 Å². The molecule has 1 aliphatic heterocycles. The van der Waals surface area contributed by atoms with Gasteiger partial charge in [-0.2, -0.15) is 0 Å². The molecule has 0 bridgehead atoms. The number of halogens is 2. The summed E-state index contributed by atoms with van der Waals surface area (Å²) in [7, 11) is 0. The zero-order valence-corrected chi connectivity index (χ0v) is 10.9.